The quantitative estimate of drug-likeness (QED) is 0.737. The van der Waals surface area contributed by atoms with Gasteiger partial charge in [0.2, 0.25) is 0 Å². The van der Waals surface area contributed by atoms with Crippen LogP contribution in [0.5, 0.6) is 0 Å². The van der Waals surface area contributed by atoms with Crippen LogP contribution < -0.4 is 5.32 Å². The molecular formula is C12H13N3. The van der Waals surface area contributed by atoms with Crippen molar-refractivity contribution in [1.82, 2.24) is 15.3 Å². The van der Waals surface area contributed by atoms with Crippen molar-refractivity contribution in [3.63, 3.8) is 0 Å². The number of nitrogens with one attached hydrogen (secondary N) is 2. The summed E-state index contributed by atoms with van der Waals surface area (Å²) in [6.07, 6.45) is 9.20. The van der Waals surface area contributed by atoms with E-state index in [1.54, 1.807) is 0 Å². The summed E-state index contributed by atoms with van der Waals surface area (Å²) in [6.45, 7) is 2.04. The summed E-state index contributed by atoms with van der Waals surface area (Å²) < 4.78 is 0. The van der Waals surface area contributed by atoms with Gasteiger partial charge in [-0.1, -0.05) is 6.08 Å². The van der Waals surface area contributed by atoms with E-state index in [1.807, 2.05) is 18.5 Å². The van der Waals surface area contributed by atoms with E-state index in [0.717, 1.165) is 19.5 Å². The molecule has 0 fully saturated rings. The molecule has 0 amide bonds. The Kier molecular flexibility index (Phi) is 2.03. The van der Waals surface area contributed by atoms with Gasteiger partial charge in [-0.15, -0.1) is 0 Å². The molecule has 2 aromatic heterocycles. The van der Waals surface area contributed by atoms with Crippen molar-refractivity contribution in [3.8, 4) is 0 Å². The minimum absolute atomic E-state index is 0.974. The second-order valence-corrected chi connectivity index (χ2v) is 3.81. The first-order chi connectivity index (χ1) is 7.45. The highest BCUT2D eigenvalue weighted by Gasteiger charge is 2.10. The summed E-state index contributed by atoms with van der Waals surface area (Å²) in [4.78, 5) is 7.46. The Balaban J connectivity index is 2.14. The molecule has 3 nitrogen and oxygen atoms in total. The summed E-state index contributed by atoms with van der Waals surface area (Å²) in [5.74, 6) is 0. The van der Waals surface area contributed by atoms with Crippen LogP contribution in [-0.4, -0.2) is 23.1 Å². The van der Waals surface area contributed by atoms with Crippen molar-refractivity contribution in [2.45, 2.75) is 6.42 Å². The van der Waals surface area contributed by atoms with Crippen LogP contribution in [0.4, 0.5) is 0 Å². The largest absolute Gasteiger partial charge is 0.360 e. The molecule has 15 heavy (non-hydrogen) atoms. The molecule has 3 rings (SSSR count). The third-order valence-electron chi connectivity index (χ3n) is 2.89. The molecule has 0 bridgehead atoms. The van der Waals surface area contributed by atoms with Crippen molar-refractivity contribution in [1.29, 1.82) is 0 Å². The number of pyridine rings is 1. The molecule has 76 valence electrons. The Hall–Kier alpha value is -1.61. The van der Waals surface area contributed by atoms with Crippen molar-refractivity contribution in [3.05, 3.63) is 36.3 Å². The Morgan fingerprint density at radius 2 is 2.33 bits per heavy atom. The second kappa shape index (κ2) is 3.51. The number of H-pyrrole nitrogens is 1. The molecule has 0 radical (unpaired) electrons. The minimum Gasteiger partial charge on any atom is -0.360 e. The molecule has 3 heteroatoms. The van der Waals surface area contributed by atoms with Crippen LogP contribution >= 0.6 is 0 Å². The van der Waals surface area contributed by atoms with Gasteiger partial charge in [-0.25, -0.2) is 0 Å². The molecule has 3 heterocycles. The van der Waals surface area contributed by atoms with Gasteiger partial charge in [0.1, 0.15) is 0 Å². The van der Waals surface area contributed by atoms with Gasteiger partial charge in [-0.2, -0.15) is 0 Å². The van der Waals surface area contributed by atoms with Gasteiger partial charge < -0.3 is 10.3 Å². The number of hydrogen-bond acceptors (Lipinski definition) is 2. The number of hydrogen-bond donors (Lipinski definition) is 2. The lowest BCUT2D eigenvalue weighted by Crippen LogP contribution is -2.19. The topological polar surface area (TPSA) is 40.7 Å². The zero-order valence-corrected chi connectivity index (χ0v) is 8.46. The fourth-order valence-electron chi connectivity index (χ4n) is 2.10. The third-order valence-corrected chi connectivity index (χ3v) is 2.89. The van der Waals surface area contributed by atoms with Crippen molar-refractivity contribution in [2.75, 3.05) is 13.1 Å². The Morgan fingerprint density at radius 1 is 1.33 bits per heavy atom. The zero-order chi connectivity index (χ0) is 10.1. The van der Waals surface area contributed by atoms with E-state index in [9.17, 15) is 0 Å². The number of aromatic amines is 1. The van der Waals surface area contributed by atoms with E-state index in [0.29, 0.717) is 0 Å². The average Bonchev–Trinajstić information content (AvgIpc) is 2.74. The predicted octanol–water partition coefficient (Wildman–Crippen LogP) is 1.94. The second-order valence-electron chi connectivity index (χ2n) is 3.81. The highest BCUT2D eigenvalue weighted by Crippen LogP contribution is 2.26. The van der Waals surface area contributed by atoms with Crippen LogP contribution in [0.25, 0.3) is 16.5 Å². The molecule has 0 saturated heterocycles. The summed E-state index contributed by atoms with van der Waals surface area (Å²) in [5.41, 5.74) is 3.90. The molecule has 0 atom stereocenters. The first kappa shape index (κ1) is 8.68. The molecular weight excluding hydrogens is 186 g/mol. The SMILES string of the molecule is C1=C(c2c[nH]c3ccncc23)CCNC1. The first-order valence-corrected chi connectivity index (χ1v) is 5.26. The van der Waals surface area contributed by atoms with E-state index in [1.165, 1.54) is 22.0 Å². The van der Waals surface area contributed by atoms with Gasteiger partial charge in [0.25, 0.3) is 0 Å². The summed E-state index contributed by atoms with van der Waals surface area (Å²) in [6, 6.07) is 2.01. The highest BCUT2D eigenvalue weighted by atomic mass is 14.8. The number of nitrogens with zero attached hydrogens (tertiary/aromatic N) is 1. The molecule has 0 spiro atoms. The van der Waals surface area contributed by atoms with Gasteiger partial charge >= 0.3 is 0 Å². The number of aromatic nitrogens is 2. The van der Waals surface area contributed by atoms with Gasteiger partial charge in [-0.05, 0) is 24.6 Å². The van der Waals surface area contributed by atoms with Crippen LogP contribution in [0.15, 0.2) is 30.7 Å². The molecule has 1 aliphatic heterocycles. The smallest absolute Gasteiger partial charge is 0.0491 e. The van der Waals surface area contributed by atoms with Crippen LogP contribution in [-0.2, 0) is 0 Å². The Labute approximate surface area is 88.2 Å². The Morgan fingerprint density at radius 3 is 3.20 bits per heavy atom. The first-order valence-electron chi connectivity index (χ1n) is 5.26. The maximum absolute atomic E-state index is 4.18. The van der Waals surface area contributed by atoms with Crippen molar-refractivity contribution >= 4 is 16.5 Å². The molecule has 0 unspecified atom stereocenters. The standard InChI is InChI=1S/C12H13N3/c1-4-13-5-2-9(1)10-8-15-12-3-6-14-7-11(10)12/h1,3,6-8,13,15H,2,4-5H2. The lowest BCUT2D eigenvalue weighted by Gasteiger charge is -2.12. The molecule has 0 saturated carbocycles. The van der Waals surface area contributed by atoms with E-state index in [4.69, 9.17) is 0 Å². The van der Waals surface area contributed by atoms with Gasteiger partial charge in [-0.3, -0.25) is 4.98 Å². The van der Waals surface area contributed by atoms with E-state index in [-0.39, 0.29) is 0 Å². The maximum Gasteiger partial charge on any atom is 0.0491 e. The van der Waals surface area contributed by atoms with Crippen LogP contribution in [0.1, 0.15) is 12.0 Å². The van der Waals surface area contributed by atoms with Crippen molar-refractivity contribution in [2.24, 2.45) is 0 Å². The third kappa shape index (κ3) is 1.45. The monoisotopic (exact) mass is 199 g/mol. The zero-order valence-electron chi connectivity index (χ0n) is 8.46. The van der Waals surface area contributed by atoms with Gasteiger partial charge in [0, 0.05) is 41.6 Å². The molecule has 2 aromatic rings. The summed E-state index contributed by atoms with van der Waals surface area (Å²) >= 11 is 0. The average molecular weight is 199 g/mol. The molecule has 2 N–H and O–H groups in total. The Bertz CT molecular complexity index is 510. The van der Waals surface area contributed by atoms with Crippen LogP contribution in [0.2, 0.25) is 0 Å². The lowest BCUT2D eigenvalue weighted by molar-refractivity contribution is 0.739. The van der Waals surface area contributed by atoms with E-state index < -0.39 is 0 Å². The predicted molar refractivity (Wildman–Crippen MR) is 61.6 cm³/mol. The van der Waals surface area contributed by atoms with E-state index >= 15 is 0 Å². The number of rotatable bonds is 1. The van der Waals surface area contributed by atoms with Gasteiger partial charge in [0.05, 0.1) is 0 Å². The molecule has 0 aromatic carbocycles. The fraction of sp³-hybridized carbons (Fsp3) is 0.250. The molecule has 1 aliphatic rings. The van der Waals surface area contributed by atoms with Crippen LogP contribution in [0.3, 0.4) is 0 Å². The van der Waals surface area contributed by atoms with E-state index in [2.05, 4.69) is 27.6 Å². The fourth-order valence-corrected chi connectivity index (χ4v) is 2.10. The maximum atomic E-state index is 4.18. The summed E-state index contributed by atoms with van der Waals surface area (Å²) in [7, 11) is 0. The minimum atomic E-state index is 0.974. The summed E-state index contributed by atoms with van der Waals surface area (Å²) in [5, 5.41) is 4.55. The molecule has 0 aliphatic carbocycles. The lowest BCUT2D eigenvalue weighted by atomic mass is 10.0. The highest BCUT2D eigenvalue weighted by molar-refractivity contribution is 5.92. The van der Waals surface area contributed by atoms with Gasteiger partial charge in [0.15, 0.2) is 0 Å². The van der Waals surface area contributed by atoms with Crippen LogP contribution in [0, 0.1) is 0 Å². The van der Waals surface area contributed by atoms with Crippen molar-refractivity contribution < 1.29 is 0 Å². The normalized spacial score (nSPS) is 16.7. The number of fused-ring (bicyclic) bond motifs is 1.